The molecule has 0 bridgehead atoms. The number of rotatable bonds is 11. The number of oxime groups is 2. The molecular weight excluding hydrogens is 356 g/mol. The van der Waals surface area contributed by atoms with E-state index in [-0.39, 0.29) is 6.61 Å². The van der Waals surface area contributed by atoms with Crippen LogP contribution in [-0.4, -0.2) is 46.8 Å². The predicted octanol–water partition coefficient (Wildman–Crippen LogP) is 3.15. The van der Waals surface area contributed by atoms with Crippen LogP contribution < -0.4 is 0 Å². The summed E-state index contributed by atoms with van der Waals surface area (Å²) in [5.41, 5.74) is 5.00. The van der Waals surface area contributed by atoms with E-state index in [4.69, 9.17) is 14.8 Å². The molecule has 2 aromatic rings. The Kier molecular flexibility index (Phi) is 9.07. The van der Waals surface area contributed by atoms with Crippen molar-refractivity contribution in [2.24, 2.45) is 10.3 Å². The molecule has 0 unspecified atom stereocenters. The van der Waals surface area contributed by atoms with Crippen molar-refractivity contribution in [3.63, 3.8) is 0 Å². The van der Waals surface area contributed by atoms with Crippen LogP contribution in [0.15, 0.2) is 46.7 Å². The van der Waals surface area contributed by atoms with E-state index in [2.05, 4.69) is 20.3 Å². The molecule has 0 saturated carbocycles. The van der Waals surface area contributed by atoms with Crippen molar-refractivity contribution in [3.8, 4) is 0 Å². The average Bonchev–Trinajstić information content (AvgIpc) is 2.72. The second-order valence-corrected chi connectivity index (χ2v) is 6.33. The summed E-state index contributed by atoms with van der Waals surface area (Å²) in [6.45, 7) is 4.40. The lowest BCUT2D eigenvalue weighted by Crippen LogP contribution is -2.04. The van der Waals surface area contributed by atoms with Crippen molar-refractivity contribution in [1.82, 2.24) is 9.97 Å². The highest BCUT2D eigenvalue weighted by atomic mass is 16.6. The zero-order valence-electron chi connectivity index (χ0n) is 16.8. The van der Waals surface area contributed by atoms with Crippen molar-refractivity contribution in [2.45, 2.75) is 39.5 Å². The van der Waals surface area contributed by atoms with Gasteiger partial charge in [-0.1, -0.05) is 22.4 Å². The first-order valence-corrected chi connectivity index (χ1v) is 9.42. The van der Waals surface area contributed by atoms with E-state index in [9.17, 15) is 0 Å². The number of hydrogen-bond acceptors (Lipinski definition) is 7. The largest absolute Gasteiger partial charge is 0.399 e. The lowest BCUT2D eigenvalue weighted by atomic mass is 10.2. The zero-order chi connectivity index (χ0) is 20.2. The van der Waals surface area contributed by atoms with Gasteiger partial charge < -0.3 is 14.8 Å². The molecular formula is C21H28N4O3. The van der Waals surface area contributed by atoms with Gasteiger partial charge in [0.25, 0.3) is 0 Å². The van der Waals surface area contributed by atoms with Gasteiger partial charge in [-0.15, -0.1) is 0 Å². The summed E-state index contributed by atoms with van der Waals surface area (Å²) in [4.78, 5) is 19.4. The third-order valence-electron chi connectivity index (χ3n) is 4.04. The fourth-order valence-corrected chi connectivity index (χ4v) is 2.59. The molecule has 7 heteroatoms. The Morgan fingerprint density at radius 1 is 0.893 bits per heavy atom. The molecule has 0 aromatic carbocycles. The molecule has 7 nitrogen and oxygen atoms in total. The minimum Gasteiger partial charge on any atom is -0.399 e. The van der Waals surface area contributed by atoms with Gasteiger partial charge in [0.05, 0.1) is 11.4 Å². The third-order valence-corrected chi connectivity index (χ3v) is 4.04. The monoisotopic (exact) mass is 384 g/mol. The molecule has 28 heavy (non-hydrogen) atoms. The number of pyridine rings is 2. The standard InChI is InChI=1S/C21H28N4O3/c1-16(24-27-3)20-12-5-9-19(23-20)11-7-15-28-25-17(2)21-13-4-8-18(22-21)10-6-14-26/h4-5,8-9,12-13,26H,6-7,10-11,14-15H2,1-3H3/b24-16+,25-17+. The summed E-state index contributed by atoms with van der Waals surface area (Å²) in [5, 5.41) is 17.0. The Bertz CT molecular complexity index is 806. The van der Waals surface area contributed by atoms with Crippen LogP contribution >= 0.6 is 0 Å². The molecule has 0 aliphatic heterocycles. The van der Waals surface area contributed by atoms with Crippen LogP contribution in [0.5, 0.6) is 0 Å². The highest BCUT2D eigenvalue weighted by Crippen LogP contribution is 2.06. The summed E-state index contributed by atoms with van der Waals surface area (Å²) in [7, 11) is 1.52. The maximum atomic E-state index is 8.93. The van der Waals surface area contributed by atoms with E-state index in [0.717, 1.165) is 53.5 Å². The minimum absolute atomic E-state index is 0.165. The first kappa shape index (κ1) is 21.5. The summed E-state index contributed by atoms with van der Waals surface area (Å²) >= 11 is 0. The van der Waals surface area contributed by atoms with Crippen molar-refractivity contribution >= 4 is 11.4 Å². The quantitative estimate of drug-likeness (QED) is 0.365. The molecule has 150 valence electrons. The topological polar surface area (TPSA) is 89.2 Å². The number of nitrogens with zero attached hydrogens (tertiary/aromatic N) is 4. The highest BCUT2D eigenvalue weighted by Gasteiger charge is 2.04. The van der Waals surface area contributed by atoms with Crippen molar-refractivity contribution < 1.29 is 14.8 Å². The van der Waals surface area contributed by atoms with E-state index in [1.54, 1.807) is 0 Å². The maximum absolute atomic E-state index is 8.93. The van der Waals surface area contributed by atoms with Crippen LogP contribution in [0.3, 0.4) is 0 Å². The van der Waals surface area contributed by atoms with Gasteiger partial charge in [-0.3, -0.25) is 9.97 Å². The number of aryl methyl sites for hydroxylation is 2. The van der Waals surface area contributed by atoms with E-state index >= 15 is 0 Å². The average molecular weight is 384 g/mol. The first-order chi connectivity index (χ1) is 13.6. The van der Waals surface area contributed by atoms with Crippen molar-refractivity contribution in [1.29, 1.82) is 0 Å². The number of aliphatic hydroxyl groups is 1. The number of hydrogen-bond donors (Lipinski definition) is 1. The first-order valence-electron chi connectivity index (χ1n) is 9.42. The summed E-state index contributed by atoms with van der Waals surface area (Å²) in [6, 6.07) is 11.7. The van der Waals surface area contributed by atoms with E-state index in [1.165, 1.54) is 7.11 Å². The molecule has 0 aliphatic carbocycles. The fraction of sp³-hybridized carbons (Fsp3) is 0.429. The van der Waals surface area contributed by atoms with Gasteiger partial charge in [0.1, 0.15) is 25.1 Å². The van der Waals surface area contributed by atoms with Crippen molar-refractivity contribution in [2.75, 3.05) is 20.3 Å². The van der Waals surface area contributed by atoms with E-state index < -0.39 is 0 Å². The van der Waals surface area contributed by atoms with E-state index in [0.29, 0.717) is 13.0 Å². The molecule has 0 aliphatic rings. The van der Waals surface area contributed by atoms with Gasteiger partial charge in [0.15, 0.2) is 0 Å². The summed E-state index contributed by atoms with van der Waals surface area (Å²) in [5.74, 6) is 0. The Morgan fingerprint density at radius 2 is 1.46 bits per heavy atom. The van der Waals surface area contributed by atoms with Crippen LogP contribution in [-0.2, 0) is 22.5 Å². The molecule has 0 amide bonds. The lowest BCUT2D eigenvalue weighted by molar-refractivity contribution is 0.141. The zero-order valence-corrected chi connectivity index (χ0v) is 16.8. The normalized spacial score (nSPS) is 12.1. The number of aromatic nitrogens is 2. The molecule has 2 rings (SSSR count). The fourth-order valence-electron chi connectivity index (χ4n) is 2.59. The molecule has 0 fully saturated rings. The SMILES string of the molecule is CO/N=C(\C)c1cccc(CCCO/N=C(\C)c2cccc(CCCO)n2)n1. The third kappa shape index (κ3) is 7.08. The van der Waals surface area contributed by atoms with Gasteiger partial charge in [-0.2, -0.15) is 0 Å². The van der Waals surface area contributed by atoms with Crippen molar-refractivity contribution in [3.05, 3.63) is 59.2 Å². The Morgan fingerprint density at radius 3 is 2.04 bits per heavy atom. The summed E-state index contributed by atoms with van der Waals surface area (Å²) < 4.78 is 0. The van der Waals surface area contributed by atoms with Gasteiger partial charge in [0, 0.05) is 18.0 Å². The van der Waals surface area contributed by atoms with Gasteiger partial charge in [-0.05, 0) is 63.8 Å². The molecule has 0 atom stereocenters. The predicted molar refractivity (Wildman–Crippen MR) is 110 cm³/mol. The Labute approximate surface area is 166 Å². The van der Waals surface area contributed by atoms with Crippen LogP contribution in [0.2, 0.25) is 0 Å². The summed E-state index contributed by atoms with van der Waals surface area (Å²) in [6.07, 6.45) is 3.05. The van der Waals surface area contributed by atoms with Crippen LogP contribution in [0.1, 0.15) is 49.5 Å². The lowest BCUT2D eigenvalue weighted by Gasteiger charge is -2.05. The second kappa shape index (κ2) is 11.8. The Hall–Kier alpha value is -2.80. The van der Waals surface area contributed by atoms with Gasteiger partial charge >= 0.3 is 0 Å². The molecule has 0 saturated heterocycles. The second-order valence-electron chi connectivity index (χ2n) is 6.33. The molecule has 0 spiro atoms. The van der Waals surface area contributed by atoms with Gasteiger partial charge in [0.2, 0.25) is 0 Å². The Balaban J connectivity index is 1.82. The number of aliphatic hydroxyl groups excluding tert-OH is 1. The highest BCUT2D eigenvalue weighted by molar-refractivity contribution is 5.96. The molecule has 0 radical (unpaired) electrons. The smallest absolute Gasteiger partial charge is 0.117 e. The molecule has 2 aromatic heterocycles. The van der Waals surface area contributed by atoms with Crippen LogP contribution in [0.4, 0.5) is 0 Å². The minimum atomic E-state index is 0.165. The molecule has 2 heterocycles. The van der Waals surface area contributed by atoms with Crippen LogP contribution in [0.25, 0.3) is 0 Å². The van der Waals surface area contributed by atoms with Gasteiger partial charge in [-0.25, -0.2) is 0 Å². The van der Waals surface area contributed by atoms with E-state index in [1.807, 2.05) is 50.2 Å². The van der Waals surface area contributed by atoms with Crippen LogP contribution in [0, 0.1) is 0 Å². The molecule has 1 N–H and O–H groups in total. The maximum Gasteiger partial charge on any atom is 0.117 e.